The van der Waals surface area contributed by atoms with Gasteiger partial charge in [-0.1, -0.05) is 33.6 Å². The van der Waals surface area contributed by atoms with Crippen molar-refractivity contribution in [1.29, 1.82) is 0 Å². The third-order valence-corrected chi connectivity index (χ3v) is 4.69. The maximum Gasteiger partial charge on any atom is 0.343 e. The zero-order valence-electron chi connectivity index (χ0n) is 15.6. The molecule has 0 saturated heterocycles. The Morgan fingerprint density at radius 3 is 2.52 bits per heavy atom. The highest BCUT2D eigenvalue weighted by molar-refractivity contribution is 9.10. The Bertz CT molecular complexity index is 1180. The van der Waals surface area contributed by atoms with E-state index in [4.69, 9.17) is 16.3 Å². The molecule has 0 aliphatic heterocycles. The summed E-state index contributed by atoms with van der Waals surface area (Å²) in [6.07, 6.45) is 1.30. The maximum absolute atomic E-state index is 12.4. The summed E-state index contributed by atoms with van der Waals surface area (Å²) in [6.45, 7) is 0. The summed E-state index contributed by atoms with van der Waals surface area (Å²) < 4.78 is 6.13. The summed E-state index contributed by atoms with van der Waals surface area (Å²) in [5.74, 6) is -1.000. The first kappa shape index (κ1) is 22.1. The summed E-state index contributed by atoms with van der Waals surface area (Å²) in [5.41, 5.74) is 2.89. The highest BCUT2D eigenvalue weighted by Gasteiger charge is 2.13. The van der Waals surface area contributed by atoms with E-state index in [0.29, 0.717) is 20.6 Å². The van der Waals surface area contributed by atoms with Crippen LogP contribution < -0.4 is 10.2 Å². The van der Waals surface area contributed by atoms with Crippen LogP contribution in [0.2, 0.25) is 5.02 Å². The SMILES string of the molecule is O=C(NN=Cc1cc(Br)ccc1OC(=O)c1ccc(Cl)cc1)c1cccc([N+](=O)[O-])c1. The fourth-order valence-corrected chi connectivity index (χ4v) is 2.95. The number of nitro benzene ring substituents is 1. The number of halogens is 2. The smallest absolute Gasteiger partial charge is 0.343 e. The van der Waals surface area contributed by atoms with E-state index in [2.05, 4.69) is 26.5 Å². The van der Waals surface area contributed by atoms with Gasteiger partial charge in [0.2, 0.25) is 0 Å². The van der Waals surface area contributed by atoms with E-state index in [-0.39, 0.29) is 17.0 Å². The van der Waals surface area contributed by atoms with Gasteiger partial charge in [-0.2, -0.15) is 5.10 Å². The van der Waals surface area contributed by atoms with Crippen molar-refractivity contribution < 1.29 is 19.2 Å². The third-order valence-electron chi connectivity index (χ3n) is 3.94. The molecule has 0 atom stereocenters. The van der Waals surface area contributed by atoms with Crippen molar-refractivity contribution in [3.63, 3.8) is 0 Å². The number of carbonyl (C=O) groups is 2. The minimum absolute atomic E-state index is 0.0787. The molecule has 31 heavy (non-hydrogen) atoms. The second-order valence-electron chi connectivity index (χ2n) is 6.09. The summed E-state index contributed by atoms with van der Waals surface area (Å²) in [6, 6.07) is 16.4. The zero-order chi connectivity index (χ0) is 22.4. The molecular weight excluding hydrogens is 490 g/mol. The summed E-state index contributed by atoms with van der Waals surface area (Å²) in [7, 11) is 0. The predicted octanol–water partition coefficient (Wildman–Crippen LogP) is 4.99. The Kier molecular flexibility index (Phi) is 7.11. The number of nitrogens with one attached hydrogen (secondary N) is 1. The van der Waals surface area contributed by atoms with Gasteiger partial charge in [-0.05, 0) is 48.5 Å². The van der Waals surface area contributed by atoms with E-state index < -0.39 is 16.8 Å². The molecule has 0 aromatic heterocycles. The van der Waals surface area contributed by atoms with Gasteiger partial charge in [-0.3, -0.25) is 14.9 Å². The van der Waals surface area contributed by atoms with Gasteiger partial charge in [0.1, 0.15) is 5.75 Å². The molecule has 3 aromatic rings. The molecule has 10 heteroatoms. The lowest BCUT2D eigenvalue weighted by Crippen LogP contribution is -2.18. The van der Waals surface area contributed by atoms with Gasteiger partial charge < -0.3 is 4.74 Å². The van der Waals surface area contributed by atoms with Crippen LogP contribution in [-0.2, 0) is 0 Å². The number of ether oxygens (including phenoxy) is 1. The molecule has 0 heterocycles. The average Bonchev–Trinajstić information content (AvgIpc) is 2.76. The van der Waals surface area contributed by atoms with Crippen molar-refractivity contribution in [2.45, 2.75) is 0 Å². The highest BCUT2D eigenvalue weighted by atomic mass is 79.9. The Morgan fingerprint density at radius 2 is 1.81 bits per heavy atom. The fraction of sp³-hybridized carbons (Fsp3) is 0. The number of nitrogens with zero attached hydrogens (tertiary/aromatic N) is 2. The van der Waals surface area contributed by atoms with Gasteiger partial charge in [0, 0.05) is 32.8 Å². The second kappa shape index (κ2) is 9.96. The van der Waals surface area contributed by atoms with Crippen molar-refractivity contribution in [3.05, 3.63) is 103 Å². The van der Waals surface area contributed by atoms with Gasteiger partial charge in [-0.15, -0.1) is 0 Å². The lowest BCUT2D eigenvalue weighted by atomic mass is 10.2. The number of esters is 1. The van der Waals surface area contributed by atoms with E-state index in [9.17, 15) is 19.7 Å². The second-order valence-corrected chi connectivity index (χ2v) is 7.44. The van der Waals surface area contributed by atoms with Crippen LogP contribution in [0.3, 0.4) is 0 Å². The Morgan fingerprint density at radius 1 is 1.06 bits per heavy atom. The van der Waals surface area contributed by atoms with Gasteiger partial charge in [-0.25, -0.2) is 10.2 Å². The van der Waals surface area contributed by atoms with Crippen LogP contribution in [0.15, 0.2) is 76.3 Å². The van der Waals surface area contributed by atoms with Crippen molar-refractivity contribution >= 4 is 51.3 Å². The number of amides is 1. The van der Waals surface area contributed by atoms with Crippen LogP contribution in [0.4, 0.5) is 5.69 Å². The van der Waals surface area contributed by atoms with Crippen LogP contribution in [0.1, 0.15) is 26.3 Å². The molecule has 0 saturated carbocycles. The molecule has 0 aliphatic rings. The van der Waals surface area contributed by atoms with Crippen LogP contribution in [0.5, 0.6) is 5.75 Å². The Hall–Kier alpha value is -3.56. The van der Waals surface area contributed by atoms with Gasteiger partial charge >= 0.3 is 5.97 Å². The normalized spacial score (nSPS) is 10.6. The summed E-state index contributed by atoms with van der Waals surface area (Å²) in [5, 5.41) is 15.2. The molecule has 3 rings (SSSR count). The lowest BCUT2D eigenvalue weighted by molar-refractivity contribution is -0.384. The first-order valence-corrected chi connectivity index (χ1v) is 9.86. The lowest BCUT2D eigenvalue weighted by Gasteiger charge is -2.08. The van der Waals surface area contributed by atoms with Crippen LogP contribution in [0, 0.1) is 10.1 Å². The zero-order valence-corrected chi connectivity index (χ0v) is 18.0. The first-order valence-electron chi connectivity index (χ1n) is 8.68. The molecule has 1 N–H and O–H groups in total. The molecular formula is C21H13BrClN3O5. The number of nitro groups is 1. The fourth-order valence-electron chi connectivity index (χ4n) is 2.44. The molecule has 0 fully saturated rings. The molecule has 156 valence electrons. The molecule has 0 bridgehead atoms. The summed E-state index contributed by atoms with van der Waals surface area (Å²) in [4.78, 5) is 34.8. The number of hydrogen-bond acceptors (Lipinski definition) is 6. The van der Waals surface area contributed by atoms with E-state index in [0.717, 1.165) is 6.07 Å². The average molecular weight is 503 g/mol. The van der Waals surface area contributed by atoms with Crippen molar-refractivity contribution in [3.8, 4) is 5.75 Å². The van der Waals surface area contributed by atoms with Gasteiger partial charge in [0.15, 0.2) is 0 Å². The number of hydrogen-bond donors (Lipinski definition) is 1. The number of benzene rings is 3. The van der Waals surface area contributed by atoms with Crippen LogP contribution in [0.25, 0.3) is 0 Å². The molecule has 0 unspecified atom stereocenters. The van der Waals surface area contributed by atoms with Gasteiger partial charge in [0.05, 0.1) is 16.7 Å². The number of rotatable bonds is 6. The summed E-state index contributed by atoms with van der Waals surface area (Å²) >= 11 is 9.15. The molecule has 0 spiro atoms. The van der Waals surface area contributed by atoms with E-state index >= 15 is 0 Å². The Balaban J connectivity index is 1.74. The molecule has 3 aromatic carbocycles. The molecule has 8 nitrogen and oxygen atoms in total. The van der Waals surface area contributed by atoms with Crippen molar-refractivity contribution in [2.75, 3.05) is 0 Å². The van der Waals surface area contributed by atoms with Gasteiger partial charge in [0.25, 0.3) is 11.6 Å². The van der Waals surface area contributed by atoms with Crippen molar-refractivity contribution in [2.24, 2.45) is 5.10 Å². The van der Waals surface area contributed by atoms with E-state index in [1.54, 1.807) is 30.3 Å². The number of non-ortho nitro benzene ring substituents is 1. The first-order chi connectivity index (χ1) is 14.8. The predicted molar refractivity (Wildman–Crippen MR) is 119 cm³/mol. The standard InChI is InChI=1S/C21H13BrClN3O5/c22-16-6-9-19(31-21(28)13-4-7-17(23)8-5-13)15(10-16)12-24-25-20(27)14-2-1-3-18(11-14)26(29)30/h1-12H,(H,25,27). The highest BCUT2D eigenvalue weighted by Crippen LogP contribution is 2.23. The molecule has 0 radical (unpaired) electrons. The monoisotopic (exact) mass is 501 g/mol. The van der Waals surface area contributed by atoms with E-state index in [1.165, 1.54) is 36.5 Å². The van der Waals surface area contributed by atoms with E-state index in [1.807, 2.05) is 0 Å². The largest absolute Gasteiger partial charge is 0.422 e. The number of carbonyl (C=O) groups excluding carboxylic acids is 2. The minimum atomic E-state index is -0.630. The topological polar surface area (TPSA) is 111 Å². The van der Waals surface area contributed by atoms with Crippen LogP contribution in [-0.4, -0.2) is 23.0 Å². The molecule has 0 aliphatic carbocycles. The number of hydrazone groups is 1. The maximum atomic E-state index is 12.4. The molecule has 1 amide bonds. The van der Waals surface area contributed by atoms with Crippen LogP contribution >= 0.6 is 27.5 Å². The quantitative estimate of drug-likeness (QED) is 0.168. The third kappa shape index (κ3) is 5.97. The Labute approximate surface area is 189 Å². The van der Waals surface area contributed by atoms with Crippen molar-refractivity contribution in [1.82, 2.24) is 5.43 Å². The minimum Gasteiger partial charge on any atom is -0.422 e.